The van der Waals surface area contributed by atoms with Gasteiger partial charge in [-0.2, -0.15) is 5.53 Å². The molecule has 5 heteroatoms. The Morgan fingerprint density at radius 1 is 1.45 bits per heavy atom. The molecule has 0 amide bonds. The van der Waals surface area contributed by atoms with Crippen LogP contribution in [0.5, 0.6) is 0 Å². The van der Waals surface area contributed by atoms with Crippen LogP contribution in [0.3, 0.4) is 0 Å². The van der Waals surface area contributed by atoms with Gasteiger partial charge in [0.2, 0.25) is 0 Å². The molecule has 0 aromatic carbocycles. The summed E-state index contributed by atoms with van der Waals surface area (Å²) in [5, 5.41) is 2.98. The van der Waals surface area contributed by atoms with Gasteiger partial charge in [0.1, 0.15) is 0 Å². The highest BCUT2D eigenvalue weighted by atomic mass is 16.5. The number of hydrogen-bond donors (Lipinski definition) is 2. The molecule has 0 aliphatic rings. The lowest BCUT2D eigenvalue weighted by Gasteiger charge is -2.09. The maximum atomic E-state index is 6.40. The van der Waals surface area contributed by atoms with Crippen molar-refractivity contribution in [2.24, 2.45) is 5.22 Å². The maximum absolute atomic E-state index is 6.40. The zero-order valence-electron chi connectivity index (χ0n) is 7.13. The highest BCUT2D eigenvalue weighted by Crippen LogP contribution is 1.77. The second-order valence-electron chi connectivity index (χ2n) is 2.44. The van der Waals surface area contributed by atoms with Crippen molar-refractivity contribution in [1.29, 1.82) is 5.53 Å². The molecule has 0 atom stereocenters. The molecule has 0 aliphatic carbocycles. The first-order chi connectivity index (χ1) is 5.27. The van der Waals surface area contributed by atoms with Gasteiger partial charge in [-0.25, -0.2) is 0 Å². The Balaban J connectivity index is 2.85. The van der Waals surface area contributed by atoms with E-state index in [1.165, 1.54) is 0 Å². The van der Waals surface area contributed by atoms with Crippen molar-refractivity contribution in [3.8, 4) is 0 Å². The minimum atomic E-state index is 0.607. The van der Waals surface area contributed by atoms with Crippen LogP contribution in [0.1, 0.15) is 0 Å². The molecule has 0 saturated carbocycles. The molecule has 0 bridgehead atoms. The van der Waals surface area contributed by atoms with E-state index in [-0.39, 0.29) is 0 Å². The SMILES string of the molecule is CN(C)CCOCCNN=N. The molecule has 0 heterocycles. The molecular weight excluding hydrogens is 144 g/mol. The van der Waals surface area contributed by atoms with Gasteiger partial charge >= 0.3 is 0 Å². The summed E-state index contributed by atoms with van der Waals surface area (Å²) in [4.78, 5) is 2.06. The summed E-state index contributed by atoms with van der Waals surface area (Å²) in [5.41, 5.74) is 8.89. The first-order valence-electron chi connectivity index (χ1n) is 3.59. The van der Waals surface area contributed by atoms with Crippen LogP contribution in [0.4, 0.5) is 0 Å². The molecule has 0 unspecified atom stereocenters. The summed E-state index contributed by atoms with van der Waals surface area (Å²) in [5.74, 6) is 0. The molecule has 0 radical (unpaired) electrons. The molecule has 0 spiro atoms. The Labute approximate surface area is 67.2 Å². The van der Waals surface area contributed by atoms with Gasteiger partial charge in [-0.3, -0.25) is 5.43 Å². The van der Waals surface area contributed by atoms with E-state index in [1.807, 2.05) is 14.1 Å². The number of hydrogen-bond acceptors (Lipinski definition) is 4. The van der Waals surface area contributed by atoms with Crippen molar-refractivity contribution < 1.29 is 4.74 Å². The lowest BCUT2D eigenvalue weighted by molar-refractivity contribution is 0.119. The summed E-state index contributed by atoms with van der Waals surface area (Å²) < 4.78 is 5.20. The second-order valence-corrected chi connectivity index (χ2v) is 2.44. The van der Waals surface area contributed by atoms with E-state index in [1.54, 1.807) is 0 Å². The fourth-order valence-electron chi connectivity index (χ4n) is 0.523. The summed E-state index contributed by atoms with van der Waals surface area (Å²) in [7, 11) is 4.00. The minimum Gasteiger partial charge on any atom is -0.378 e. The van der Waals surface area contributed by atoms with E-state index in [2.05, 4.69) is 15.5 Å². The van der Waals surface area contributed by atoms with Crippen LogP contribution >= 0.6 is 0 Å². The van der Waals surface area contributed by atoms with E-state index < -0.39 is 0 Å². The lowest BCUT2D eigenvalue weighted by atomic mass is 10.6. The van der Waals surface area contributed by atoms with E-state index >= 15 is 0 Å². The zero-order chi connectivity index (χ0) is 8.53. The molecule has 0 aromatic heterocycles. The fraction of sp³-hybridized carbons (Fsp3) is 1.00. The Morgan fingerprint density at radius 2 is 2.18 bits per heavy atom. The number of nitrogens with one attached hydrogen (secondary N) is 2. The predicted octanol–water partition coefficient (Wildman–Crippen LogP) is 0.100. The van der Waals surface area contributed by atoms with Crippen LogP contribution in [0.15, 0.2) is 5.22 Å². The molecule has 2 N–H and O–H groups in total. The summed E-state index contributed by atoms with van der Waals surface area (Å²) >= 11 is 0. The highest BCUT2D eigenvalue weighted by molar-refractivity contribution is 4.40. The number of ether oxygens (including phenoxy) is 1. The van der Waals surface area contributed by atoms with Crippen molar-refractivity contribution in [3.05, 3.63) is 0 Å². The first-order valence-corrected chi connectivity index (χ1v) is 3.59. The Bertz CT molecular complexity index is 96.6. The van der Waals surface area contributed by atoms with E-state index in [0.717, 1.165) is 13.2 Å². The Morgan fingerprint density at radius 3 is 2.73 bits per heavy atom. The Hall–Kier alpha value is -0.680. The smallest absolute Gasteiger partial charge is 0.0657 e. The van der Waals surface area contributed by atoms with Crippen molar-refractivity contribution in [3.63, 3.8) is 0 Å². The number of nitrogens with zero attached hydrogens (tertiary/aromatic N) is 2. The maximum Gasteiger partial charge on any atom is 0.0657 e. The van der Waals surface area contributed by atoms with Crippen molar-refractivity contribution in [2.45, 2.75) is 0 Å². The predicted molar refractivity (Wildman–Crippen MR) is 42.5 cm³/mol. The molecule has 5 nitrogen and oxygen atoms in total. The van der Waals surface area contributed by atoms with Crippen LogP contribution in [-0.4, -0.2) is 45.3 Å². The highest BCUT2D eigenvalue weighted by Gasteiger charge is 1.89. The van der Waals surface area contributed by atoms with Gasteiger partial charge in [0.15, 0.2) is 0 Å². The standard InChI is InChI=1S/C6H16N4O/c1-10(2)4-6-11-5-3-8-9-7/h3-6H2,1-2H3,(H2,7,8). The van der Waals surface area contributed by atoms with Crippen LogP contribution < -0.4 is 5.43 Å². The monoisotopic (exact) mass is 160 g/mol. The van der Waals surface area contributed by atoms with Crippen molar-refractivity contribution in [2.75, 3.05) is 40.4 Å². The molecule has 0 fully saturated rings. The van der Waals surface area contributed by atoms with E-state index in [9.17, 15) is 0 Å². The van der Waals surface area contributed by atoms with Crippen molar-refractivity contribution in [1.82, 2.24) is 10.3 Å². The second kappa shape index (κ2) is 7.43. The van der Waals surface area contributed by atoms with Gasteiger partial charge in [-0.1, -0.05) is 5.22 Å². The van der Waals surface area contributed by atoms with Gasteiger partial charge in [0.05, 0.1) is 19.8 Å². The summed E-state index contributed by atoms with van der Waals surface area (Å²) in [6, 6.07) is 0. The van der Waals surface area contributed by atoms with Crippen molar-refractivity contribution >= 4 is 0 Å². The largest absolute Gasteiger partial charge is 0.378 e. The van der Waals surface area contributed by atoms with Crippen LogP contribution in [0.25, 0.3) is 0 Å². The summed E-state index contributed by atoms with van der Waals surface area (Å²) in [6.45, 7) is 2.87. The van der Waals surface area contributed by atoms with Crippen LogP contribution in [-0.2, 0) is 4.74 Å². The van der Waals surface area contributed by atoms with E-state index in [0.29, 0.717) is 13.2 Å². The molecular formula is C6H16N4O. The fourth-order valence-corrected chi connectivity index (χ4v) is 0.523. The van der Waals surface area contributed by atoms with Gasteiger partial charge in [0.25, 0.3) is 0 Å². The van der Waals surface area contributed by atoms with Gasteiger partial charge in [-0.05, 0) is 14.1 Å². The molecule has 0 saturated heterocycles. The van der Waals surface area contributed by atoms with Crippen LogP contribution in [0, 0.1) is 5.53 Å². The minimum absolute atomic E-state index is 0.607. The molecule has 66 valence electrons. The van der Waals surface area contributed by atoms with E-state index in [4.69, 9.17) is 10.3 Å². The average molecular weight is 160 g/mol. The third-order valence-electron chi connectivity index (χ3n) is 1.12. The summed E-state index contributed by atoms with van der Waals surface area (Å²) in [6.07, 6.45) is 0. The normalized spacial score (nSPS) is 10.1. The van der Waals surface area contributed by atoms with Gasteiger partial charge < -0.3 is 9.64 Å². The first kappa shape index (κ1) is 10.3. The zero-order valence-corrected chi connectivity index (χ0v) is 7.13. The number of likely N-dealkylation sites (N-methyl/N-ethyl adjacent to an activating group) is 1. The van der Waals surface area contributed by atoms with Gasteiger partial charge in [-0.15, -0.1) is 0 Å². The quantitative estimate of drug-likeness (QED) is 0.315. The number of rotatable bonds is 7. The topological polar surface area (TPSA) is 60.7 Å². The average Bonchev–Trinajstić information content (AvgIpc) is 1.96. The lowest BCUT2D eigenvalue weighted by Crippen LogP contribution is -2.20. The van der Waals surface area contributed by atoms with Crippen LogP contribution in [0.2, 0.25) is 0 Å². The molecule has 11 heavy (non-hydrogen) atoms. The third kappa shape index (κ3) is 9.32. The van der Waals surface area contributed by atoms with Gasteiger partial charge in [0, 0.05) is 6.54 Å². The molecule has 0 aliphatic heterocycles. The Kier molecular flexibility index (Phi) is 6.97. The molecule has 0 aromatic rings. The molecule has 0 rings (SSSR count). The third-order valence-corrected chi connectivity index (χ3v) is 1.12.